The van der Waals surface area contributed by atoms with Gasteiger partial charge in [-0.2, -0.15) is 5.26 Å². The third kappa shape index (κ3) is 6.00. The number of hydrogen-bond donors (Lipinski definition) is 0. The number of benzene rings is 3. The number of carbonyl (C=O) groups excluding carboxylic acids is 1. The summed E-state index contributed by atoms with van der Waals surface area (Å²) in [7, 11) is 1.55. The molecule has 0 saturated carbocycles. The number of allylic oxidation sites excluding steroid dienone is 1. The Bertz CT molecular complexity index is 1970. The topological polar surface area (TPSA) is 112 Å². The summed E-state index contributed by atoms with van der Waals surface area (Å²) < 4.78 is 24.7. The number of carbonyl (C=O) groups is 1. The average Bonchev–Trinajstić information content (AvgIpc) is 3.33. The number of ether oxygens (including phenoxy) is 4. The van der Waals surface area contributed by atoms with Crippen molar-refractivity contribution in [3.8, 4) is 23.3 Å². The summed E-state index contributed by atoms with van der Waals surface area (Å²) in [4.78, 5) is 32.5. The fourth-order valence-electron chi connectivity index (χ4n) is 5.02. The Morgan fingerprint density at radius 2 is 1.80 bits per heavy atom. The lowest BCUT2D eigenvalue weighted by atomic mass is 9.95. The predicted molar refractivity (Wildman–Crippen MR) is 166 cm³/mol. The Balaban J connectivity index is 1.62. The van der Waals surface area contributed by atoms with Crippen molar-refractivity contribution < 1.29 is 23.7 Å². The van der Waals surface area contributed by atoms with Gasteiger partial charge >= 0.3 is 5.97 Å². The Kier molecular flexibility index (Phi) is 9.26. The number of fused-ring (bicyclic) bond motifs is 1. The second-order valence-electron chi connectivity index (χ2n) is 9.74. The van der Waals surface area contributed by atoms with E-state index in [1.165, 1.54) is 15.9 Å². The van der Waals surface area contributed by atoms with Gasteiger partial charge in [-0.25, -0.2) is 9.79 Å². The maximum Gasteiger partial charge on any atom is 0.338 e. The molecule has 44 heavy (non-hydrogen) atoms. The molecule has 9 nitrogen and oxygen atoms in total. The SMILES string of the molecule is CCOC(=O)C1=C(C)N=c2s/c(=C\c3ccccc3OCc3ccccc3C#N)c(=O)n2[C@H]1c1ccc(OC)c(OCC)c1. The number of aromatic nitrogens is 1. The van der Waals surface area contributed by atoms with Gasteiger partial charge in [-0.3, -0.25) is 9.36 Å². The van der Waals surface area contributed by atoms with E-state index in [4.69, 9.17) is 18.9 Å². The molecule has 0 bridgehead atoms. The van der Waals surface area contributed by atoms with E-state index in [2.05, 4.69) is 11.1 Å². The van der Waals surface area contributed by atoms with Crippen LogP contribution in [0.25, 0.3) is 6.08 Å². The lowest BCUT2D eigenvalue weighted by Crippen LogP contribution is -2.40. The van der Waals surface area contributed by atoms with Crippen LogP contribution < -0.4 is 29.1 Å². The van der Waals surface area contributed by atoms with Gasteiger partial charge in [0.2, 0.25) is 0 Å². The molecular formula is C34H31N3O6S. The number of thiazole rings is 1. The van der Waals surface area contributed by atoms with E-state index in [1.807, 2.05) is 55.5 Å². The first kappa shape index (κ1) is 30.3. The molecule has 224 valence electrons. The van der Waals surface area contributed by atoms with Gasteiger partial charge in [-0.05, 0) is 56.7 Å². The van der Waals surface area contributed by atoms with Crippen molar-refractivity contribution in [3.05, 3.63) is 120 Å². The molecule has 1 atom stereocenters. The smallest absolute Gasteiger partial charge is 0.338 e. The monoisotopic (exact) mass is 609 g/mol. The largest absolute Gasteiger partial charge is 0.493 e. The number of para-hydroxylation sites is 1. The maximum absolute atomic E-state index is 14.1. The van der Waals surface area contributed by atoms with E-state index in [9.17, 15) is 14.9 Å². The first-order valence-electron chi connectivity index (χ1n) is 14.1. The molecule has 1 aromatic heterocycles. The van der Waals surface area contributed by atoms with Crippen molar-refractivity contribution in [2.75, 3.05) is 20.3 Å². The molecule has 1 aliphatic heterocycles. The molecule has 10 heteroatoms. The number of nitrogens with zero attached hydrogens (tertiary/aromatic N) is 3. The summed E-state index contributed by atoms with van der Waals surface area (Å²) in [6.45, 7) is 6.12. The van der Waals surface area contributed by atoms with Crippen molar-refractivity contribution in [1.29, 1.82) is 5.26 Å². The van der Waals surface area contributed by atoms with Crippen LogP contribution in [-0.4, -0.2) is 30.9 Å². The first-order chi connectivity index (χ1) is 21.4. The molecule has 2 heterocycles. The first-order valence-corrected chi connectivity index (χ1v) is 14.9. The van der Waals surface area contributed by atoms with Gasteiger partial charge in [-0.1, -0.05) is 53.8 Å². The number of hydrogen-bond acceptors (Lipinski definition) is 9. The minimum atomic E-state index is -0.800. The zero-order chi connectivity index (χ0) is 31.2. The van der Waals surface area contributed by atoms with E-state index in [0.717, 1.165) is 5.56 Å². The maximum atomic E-state index is 14.1. The summed E-state index contributed by atoms with van der Waals surface area (Å²) in [6.07, 6.45) is 1.76. The van der Waals surface area contributed by atoms with E-state index in [0.29, 0.717) is 55.6 Å². The van der Waals surface area contributed by atoms with Crippen LogP contribution >= 0.6 is 11.3 Å². The van der Waals surface area contributed by atoms with Crippen LogP contribution in [0, 0.1) is 11.3 Å². The van der Waals surface area contributed by atoms with Crippen molar-refractivity contribution >= 4 is 23.4 Å². The summed E-state index contributed by atoms with van der Waals surface area (Å²) in [5, 5.41) is 9.45. The molecule has 0 radical (unpaired) electrons. The second-order valence-corrected chi connectivity index (χ2v) is 10.8. The molecule has 0 fully saturated rings. The van der Waals surface area contributed by atoms with Crippen molar-refractivity contribution in [2.24, 2.45) is 4.99 Å². The van der Waals surface area contributed by atoms with Crippen molar-refractivity contribution in [3.63, 3.8) is 0 Å². The molecule has 0 amide bonds. The van der Waals surface area contributed by atoms with Crippen molar-refractivity contribution in [1.82, 2.24) is 4.57 Å². The average molecular weight is 610 g/mol. The molecule has 5 rings (SSSR count). The van der Waals surface area contributed by atoms with Crippen LogP contribution in [0.1, 0.15) is 49.1 Å². The van der Waals surface area contributed by atoms with Gasteiger partial charge < -0.3 is 18.9 Å². The van der Waals surface area contributed by atoms with Crippen LogP contribution in [0.4, 0.5) is 0 Å². The van der Waals surface area contributed by atoms with Gasteiger partial charge in [0.05, 0.1) is 53.8 Å². The Morgan fingerprint density at radius 3 is 2.55 bits per heavy atom. The number of rotatable bonds is 10. The van der Waals surface area contributed by atoms with E-state index >= 15 is 0 Å². The fourth-order valence-corrected chi connectivity index (χ4v) is 6.06. The van der Waals surface area contributed by atoms with E-state index in [-0.39, 0.29) is 24.3 Å². The van der Waals surface area contributed by atoms with Crippen LogP contribution in [-0.2, 0) is 16.1 Å². The van der Waals surface area contributed by atoms with E-state index < -0.39 is 12.0 Å². The standard InChI is InChI=1S/C34H31N3O6S/c1-5-41-28-17-23(15-16-27(28)40-4)31-30(33(39)42-6-2)21(3)36-34-37(31)32(38)29(44-34)18-22-11-9-10-14-26(22)43-20-25-13-8-7-12-24(25)19-35/h7-18,31H,5-6,20H2,1-4H3/b29-18-/t31-/m0/s1. The highest BCUT2D eigenvalue weighted by molar-refractivity contribution is 7.07. The zero-order valence-electron chi connectivity index (χ0n) is 24.8. The molecule has 0 N–H and O–H groups in total. The zero-order valence-corrected chi connectivity index (χ0v) is 25.6. The summed E-state index contributed by atoms with van der Waals surface area (Å²) in [5.74, 6) is 1.05. The Morgan fingerprint density at radius 1 is 1.02 bits per heavy atom. The molecular weight excluding hydrogens is 578 g/mol. The number of methoxy groups -OCH3 is 1. The highest BCUT2D eigenvalue weighted by Crippen LogP contribution is 2.36. The Labute approximate surface area is 258 Å². The highest BCUT2D eigenvalue weighted by atomic mass is 32.1. The number of esters is 1. The molecule has 3 aromatic carbocycles. The molecule has 0 spiro atoms. The molecule has 1 aliphatic rings. The summed E-state index contributed by atoms with van der Waals surface area (Å²) in [5.41, 5.74) is 3.07. The van der Waals surface area contributed by atoms with Gasteiger partial charge in [0.1, 0.15) is 12.4 Å². The third-order valence-corrected chi connectivity index (χ3v) is 8.03. The van der Waals surface area contributed by atoms with Crippen LogP contribution in [0.2, 0.25) is 0 Å². The van der Waals surface area contributed by atoms with E-state index in [1.54, 1.807) is 45.2 Å². The third-order valence-electron chi connectivity index (χ3n) is 7.05. The normalized spacial score (nSPS) is 14.3. The molecule has 0 unspecified atom stereocenters. The highest BCUT2D eigenvalue weighted by Gasteiger charge is 2.34. The quantitative estimate of drug-likeness (QED) is 0.241. The van der Waals surface area contributed by atoms with Gasteiger partial charge in [0.25, 0.3) is 5.56 Å². The predicted octanol–water partition coefficient (Wildman–Crippen LogP) is 4.66. The minimum absolute atomic E-state index is 0.176. The summed E-state index contributed by atoms with van der Waals surface area (Å²) in [6, 6.07) is 21.4. The Hall–Kier alpha value is -5.14. The number of nitriles is 1. The second kappa shape index (κ2) is 13.4. The van der Waals surface area contributed by atoms with Crippen molar-refractivity contribution in [2.45, 2.75) is 33.4 Å². The summed E-state index contributed by atoms with van der Waals surface area (Å²) >= 11 is 1.22. The van der Waals surface area contributed by atoms with Crippen LogP contribution in [0.3, 0.4) is 0 Å². The minimum Gasteiger partial charge on any atom is -0.493 e. The molecule has 0 saturated heterocycles. The van der Waals surface area contributed by atoms with Gasteiger partial charge in [0, 0.05) is 11.1 Å². The van der Waals surface area contributed by atoms with Gasteiger partial charge in [0.15, 0.2) is 16.3 Å². The lowest BCUT2D eigenvalue weighted by Gasteiger charge is -2.25. The van der Waals surface area contributed by atoms with Crippen LogP contribution in [0.15, 0.2) is 87.8 Å². The van der Waals surface area contributed by atoms with Crippen LogP contribution in [0.5, 0.6) is 17.2 Å². The molecule has 0 aliphatic carbocycles. The molecule has 4 aromatic rings. The van der Waals surface area contributed by atoms with Gasteiger partial charge in [-0.15, -0.1) is 0 Å². The fraction of sp³-hybridized carbons (Fsp3) is 0.235. The lowest BCUT2D eigenvalue weighted by molar-refractivity contribution is -0.139.